The Bertz CT molecular complexity index is 579. The summed E-state index contributed by atoms with van der Waals surface area (Å²) >= 11 is 4.88. The Hall–Kier alpha value is -1.43. The molecular weight excluding hydrogens is 236 g/mol. The molecule has 0 aliphatic heterocycles. The van der Waals surface area contributed by atoms with Gasteiger partial charge in [-0.1, -0.05) is 13.8 Å². The fourth-order valence-corrected chi connectivity index (χ4v) is 1.99. The van der Waals surface area contributed by atoms with E-state index in [2.05, 4.69) is 29.1 Å². The standard InChI is InChI=1S/C11H16N4OS/c1-6(2)5-15-8(4)9(7(3)14-15)10-12-13-11(17)16-10/h6H,5H2,1-4H3,(H,13,17). The number of hydrogen-bond donors (Lipinski definition) is 1. The molecule has 6 heteroatoms. The van der Waals surface area contributed by atoms with Crippen LogP contribution in [0.15, 0.2) is 4.42 Å². The second-order valence-corrected chi connectivity index (χ2v) is 4.91. The van der Waals surface area contributed by atoms with E-state index in [9.17, 15) is 0 Å². The maximum absolute atomic E-state index is 5.34. The van der Waals surface area contributed by atoms with Crippen LogP contribution in [0.1, 0.15) is 25.2 Å². The molecule has 0 aliphatic carbocycles. The molecule has 2 rings (SSSR count). The number of aromatic nitrogens is 4. The lowest BCUT2D eigenvalue weighted by molar-refractivity contribution is 0.472. The summed E-state index contributed by atoms with van der Waals surface area (Å²) < 4.78 is 7.33. The first-order valence-electron chi connectivity index (χ1n) is 5.59. The number of aryl methyl sites for hydroxylation is 1. The zero-order valence-corrected chi connectivity index (χ0v) is 11.3. The van der Waals surface area contributed by atoms with Gasteiger partial charge in [0, 0.05) is 12.2 Å². The summed E-state index contributed by atoms with van der Waals surface area (Å²) in [6, 6.07) is 0. The third kappa shape index (κ3) is 2.31. The van der Waals surface area contributed by atoms with Crippen molar-refractivity contribution in [3.05, 3.63) is 16.2 Å². The molecule has 2 aromatic heterocycles. The molecule has 0 unspecified atom stereocenters. The summed E-state index contributed by atoms with van der Waals surface area (Å²) in [4.78, 5) is 0.287. The van der Waals surface area contributed by atoms with Crippen LogP contribution in [0.4, 0.5) is 0 Å². The molecule has 17 heavy (non-hydrogen) atoms. The van der Waals surface area contributed by atoms with Crippen molar-refractivity contribution in [2.45, 2.75) is 34.2 Å². The molecule has 0 amide bonds. The molecule has 0 spiro atoms. The molecule has 1 N–H and O–H groups in total. The highest BCUT2D eigenvalue weighted by molar-refractivity contribution is 7.71. The van der Waals surface area contributed by atoms with Crippen molar-refractivity contribution in [1.29, 1.82) is 0 Å². The highest BCUT2D eigenvalue weighted by atomic mass is 32.1. The first-order valence-corrected chi connectivity index (χ1v) is 5.99. The summed E-state index contributed by atoms with van der Waals surface area (Å²) in [6.07, 6.45) is 0. The van der Waals surface area contributed by atoms with Crippen LogP contribution in [0.2, 0.25) is 0 Å². The lowest BCUT2D eigenvalue weighted by Gasteiger charge is -2.06. The SMILES string of the molecule is Cc1nn(CC(C)C)c(C)c1-c1n[nH]c(=S)o1. The fraction of sp³-hybridized carbons (Fsp3) is 0.545. The molecule has 0 aromatic carbocycles. The van der Waals surface area contributed by atoms with E-state index < -0.39 is 0 Å². The summed E-state index contributed by atoms with van der Waals surface area (Å²) in [5.41, 5.74) is 2.90. The highest BCUT2D eigenvalue weighted by Gasteiger charge is 2.17. The van der Waals surface area contributed by atoms with Gasteiger partial charge < -0.3 is 4.42 Å². The van der Waals surface area contributed by atoms with Gasteiger partial charge in [0.15, 0.2) is 0 Å². The number of nitrogens with zero attached hydrogens (tertiary/aromatic N) is 3. The zero-order chi connectivity index (χ0) is 12.6. The van der Waals surface area contributed by atoms with E-state index in [-0.39, 0.29) is 4.84 Å². The lowest BCUT2D eigenvalue weighted by atomic mass is 10.2. The summed E-state index contributed by atoms with van der Waals surface area (Å²) in [5, 5.41) is 11.2. The molecule has 0 radical (unpaired) electrons. The van der Waals surface area contributed by atoms with Crippen LogP contribution >= 0.6 is 12.2 Å². The van der Waals surface area contributed by atoms with E-state index in [0.717, 1.165) is 23.5 Å². The van der Waals surface area contributed by atoms with E-state index in [1.807, 2.05) is 18.5 Å². The average molecular weight is 252 g/mol. The Morgan fingerprint density at radius 3 is 2.65 bits per heavy atom. The van der Waals surface area contributed by atoms with Crippen LogP contribution in [0.3, 0.4) is 0 Å². The number of H-pyrrole nitrogens is 1. The van der Waals surface area contributed by atoms with Crippen LogP contribution in [-0.4, -0.2) is 20.0 Å². The van der Waals surface area contributed by atoms with Gasteiger partial charge in [0.2, 0.25) is 5.89 Å². The molecule has 0 bridgehead atoms. The van der Waals surface area contributed by atoms with E-state index in [4.69, 9.17) is 16.6 Å². The number of hydrogen-bond acceptors (Lipinski definition) is 4. The Morgan fingerprint density at radius 1 is 1.41 bits per heavy atom. The second kappa shape index (κ2) is 4.44. The molecule has 0 saturated heterocycles. The van der Waals surface area contributed by atoms with Gasteiger partial charge in [-0.05, 0) is 32.0 Å². The maximum atomic E-state index is 5.34. The third-order valence-electron chi connectivity index (χ3n) is 2.57. The quantitative estimate of drug-likeness (QED) is 0.853. The van der Waals surface area contributed by atoms with Crippen molar-refractivity contribution in [3.8, 4) is 11.5 Å². The van der Waals surface area contributed by atoms with E-state index in [0.29, 0.717) is 11.8 Å². The van der Waals surface area contributed by atoms with E-state index in [1.54, 1.807) is 0 Å². The van der Waals surface area contributed by atoms with Gasteiger partial charge in [0.05, 0.1) is 11.3 Å². The molecule has 92 valence electrons. The summed E-state index contributed by atoms with van der Waals surface area (Å²) in [5.74, 6) is 1.06. The van der Waals surface area contributed by atoms with Gasteiger partial charge in [-0.2, -0.15) is 5.10 Å². The lowest BCUT2D eigenvalue weighted by Crippen LogP contribution is -2.07. The maximum Gasteiger partial charge on any atom is 0.284 e. The third-order valence-corrected chi connectivity index (χ3v) is 2.75. The normalized spacial score (nSPS) is 11.4. The van der Waals surface area contributed by atoms with E-state index >= 15 is 0 Å². The van der Waals surface area contributed by atoms with E-state index in [1.165, 1.54) is 0 Å². The van der Waals surface area contributed by atoms with Gasteiger partial charge in [-0.25, -0.2) is 5.10 Å². The second-order valence-electron chi connectivity index (χ2n) is 4.54. The van der Waals surface area contributed by atoms with Gasteiger partial charge >= 0.3 is 0 Å². The largest absolute Gasteiger partial charge is 0.409 e. The molecule has 0 aliphatic rings. The summed E-state index contributed by atoms with van der Waals surface area (Å²) in [7, 11) is 0. The van der Waals surface area contributed by atoms with Crippen LogP contribution in [0.25, 0.3) is 11.5 Å². The Labute approximate surface area is 105 Å². The molecule has 2 aromatic rings. The predicted octanol–water partition coefficient (Wildman–Crippen LogP) is 2.87. The predicted molar refractivity (Wildman–Crippen MR) is 67.2 cm³/mol. The molecule has 0 saturated carbocycles. The number of aromatic amines is 1. The van der Waals surface area contributed by atoms with Crippen molar-refractivity contribution >= 4 is 12.2 Å². The smallest absolute Gasteiger partial charge is 0.284 e. The fourth-order valence-electron chi connectivity index (χ4n) is 1.87. The van der Waals surface area contributed by atoms with Crippen molar-refractivity contribution in [3.63, 3.8) is 0 Å². The molecule has 5 nitrogen and oxygen atoms in total. The first kappa shape index (κ1) is 12.0. The molecular formula is C11H16N4OS. The highest BCUT2D eigenvalue weighted by Crippen LogP contribution is 2.25. The van der Waals surface area contributed by atoms with Crippen molar-refractivity contribution in [2.24, 2.45) is 5.92 Å². The number of nitrogens with one attached hydrogen (secondary N) is 1. The Morgan fingerprint density at radius 2 is 2.12 bits per heavy atom. The van der Waals surface area contributed by atoms with Crippen LogP contribution < -0.4 is 0 Å². The zero-order valence-electron chi connectivity index (χ0n) is 10.4. The van der Waals surface area contributed by atoms with Gasteiger partial charge in [0.25, 0.3) is 4.84 Å². The minimum Gasteiger partial charge on any atom is -0.409 e. The topological polar surface area (TPSA) is 59.6 Å². The molecule has 0 fully saturated rings. The minimum absolute atomic E-state index is 0.287. The Kier molecular flexibility index (Phi) is 3.15. The van der Waals surface area contributed by atoms with Gasteiger partial charge in [0.1, 0.15) is 0 Å². The van der Waals surface area contributed by atoms with Crippen LogP contribution in [0.5, 0.6) is 0 Å². The average Bonchev–Trinajstić information content (AvgIpc) is 2.72. The summed E-state index contributed by atoms with van der Waals surface area (Å²) in [6.45, 7) is 9.18. The molecule has 0 atom stereocenters. The number of rotatable bonds is 3. The van der Waals surface area contributed by atoms with Crippen LogP contribution in [0, 0.1) is 24.6 Å². The van der Waals surface area contributed by atoms with Crippen molar-refractivity contribution < 1.29 is 4.42 Å². The Balaban J connectivity index is 2.48. The molecule has 2 heterocycles. The first-order chi connectivity index (χ1) is 7.99. The van der Waals surface area contributed by atoms with Crippen molar-refractivity contribution in [2.75, 3.05) is 0 Å². The monoisotopic (exact) mass is 252 g/mol. The minimum atomic E-state index is 0.287. The van der Waals surface area contributed by atoms with Gasteiger partial charge in [-0.3, -0.25) is 4.68 Å². The van der Waals surface area contributed by atoms with Crippen molar-refractivity contribution in [1.82, 2.24) is 20.0 Å². The van der Waals surface area contributed by atoms with Gasteiger partial charge in [-0.15, -0.1) is 5.10 Å². The van der Waals surface area contributed by atoms with Crippen LogP contribution in [-0.2, 0) is 6.54 Å².